The number of rotatable bonds is 13. The molecule has 0 aromatic heterocycles. The molecule has 0 aliphatic carbocycles. The zero-order valence-electron chi connectivity index (χ0n) is 28.1. The number of aryl methyl sites for hydroxylation is 3. The number of amides is 3. The summed E-state index contributed by atoms with van der Waals surface area (Å²) in [6, 6.07) is 15.5. The van der Waals surface area contributed by atoms with Crippen LogP contribution in [0, 0.1) is 20.8 Å². The Labute approximate surface area is 278 Å². The highest BCUT2D eigenvalue weighted by atomic mass is 35.5. The Hall–Kier alpha value is -4.04. The fourth-order valence-electron chi connectivity index (χ4n) is 5.18. The quantitative estimate of drug-likeness (QED) is 0.162. The van der Waals surface area contributed by atoms with Gasteiger partial charge in [0.05, 0.1) is 10.7 Å². The van der Waals surface area contributed by atoms with E-state index in [0.29, 0.717) is 22.7 Å². The highest BCUT2D eigenvalue weighted by Crippen LogP contribution is 2.31. The Morgan fingerprint density at radius 2 is 1.61 bits per heavy atom. The van der Waals surface area contributed by atoms with Crippen LogP contribution in [0.3, 0.4) is 0 Å². The maximum absolute atomic E-state index is 14.7. The third-order valence-electron chi connectivity index (χ3n) is 7.78. The molecular weight excluding hydrogens is 602 g/mol. The number of anilines is 1. The molecule has 0 bridgehead atoms. The van der Waals surface area contributed by atoms with E-state index in [1.807, 2.05) is 51.1 Å². The normalized spacial score (nSPS) is 12.6. The van der Waals surface area contributed by atoms with Crippen LogP contribution in [0.25, 0.3) is 0 Å². The molecule has 3 amide bonds. The summed E-state index contributed by atoms with van der Waals surface area (Å²) >= 11 is 6.52. The first-order valence-electron chi connectivity index (χ1n) is 15.9. The smallest absolute Gasteiger partial charge is 0.408 e. The summed E-state index contributed by atoms with van der Waals surface area (Å²) in [5.41, 5.74) is 3.89. The summed E-state index contributed by atoms with van der Waals surface area (Å²) < 4.78 is 5.54. The largest absolute Gasteiger partial charge is 0.508 e. The Bertz CT molecular complexity index is 1480. The molecule has 2 unspecified atom stereocenters. The molecule has 2 atom stereocenters. The van der Waals surface area contributed by atoms with E-state index in [1.54, 1.807) is 43.9 Å². The van der Waals surface area contributed by atoms with Gasteiger partial charge in [0.15, 0.2) is 0 Å². The van der Waals surface area contributed by atoms with Crippen molar-refractivity contribution >= 4 is 35.2 Å². The van der Waals surface area contributed by atoms with Crippen LogP contribution < -0.4 is 10.6 Å². The number of phenolic OH excluding ortho intramolecular Hbond substituents is 1. The van der Waals surface area contributed by atoms with Crippen molar-refractivity contribution in [3.63, 3.8) is 0 Å². The van der Waals surface area contributed by atoms with E-state index >= 15 is 0 Å². The average molecular weight is 650 g/mol. The van der Waals surface area contributed by atoms with E-state index in [1.165, 1.54) is 12.1 Å². The third kappa shape index (κ3) is 10.5. The number of carbonyl (C=O) groups excluding carboxylic acids is 3. The van der Waals surface area contributed by atoms with Gasteiger partial charge in [0.25, 0.3) is 5.91 Å². The van der Waals surface area contributed by atoms with Gasteiger partial charge in [0.1, 0.15) is 23.4 Å². The zero-order chi connectivity index (χ0) is 34.0. The zero-order valence-corrected chi connectivity index (χ0v) is 28.8. The van der Waals surface area contributed by atoms with Crippen LogP contribution in [0.2, 0.25) is 5.02 Å². The van der Waals surface area contributed by atoms with E-state index in [-0.39, 0.29) is 18.7 Å². The van der Waals surface area contributed by atoms with Gasteiger partial charge in [-0.2, -0.15) is 0 Å². The summed E-state index contributed by atoms with van der Waals surface area (Å²) in [5.74, 6) is -0.751. The Morgan fingerprint density at radius 3 is 2.22 bits per heavy atom. The molecule has 0 spiro atoms. The van der Waals surface area contributed by atoms with E-state index in [4.69, 9.17) is 16.3 Å². The molecule has 0 saturated heterocycles. The molecule has 0 aliphatic rings. The van der Waals surface area contributed by atoms with Gasteiger partial charge in [-0.3, -0.25) is 9.59 Å². The van der Waals surface area contributed by atoms with Crippen molar-refractivity contribution in [2.24, 2.45) is 0 Å². The lowest BCUT2D eigenvalue weighted by atomic mass is 9.96. The average Bonchev–Trinajstić information content (AvgIpc) is 2.97. The number of halogens is 1. The van der Waals surface area contributed by atoms with Crippen molar-refractivity contribution in [1.82, 2.24) is 10.2 Å². The molecule has 8 nitrogen and oxygen atoms in total. The summed E-state index contributed by atoms with van der Waals surface area (Å²) in [5, 5.41) is 16.0. The number of hydrogen-bond acceptors (Lipinski definition) is 5. The van der Waals surface area contributed by atoms with E-state index < -0.39 is 35.6 Å². The topological polar surface area (TPSA) is 108 Å². The number of unbranched alkanes of at least 4 members (excludes halogenated alkanes) is 3. The van der Waals surface area contributed by atoms with Gasteiger partial charge in [-0.15, -0.1) is 0 Å². The van der Waals surface area contributed by atoms with Crippen LogP contribution >= 0.6 is 11.6 Å². The molecular formula is C37H48ClN3O5. The number of ether oxygens (including phenoxy) is 1. The first-order valence-corrected chi connectivity index (χ1v) is 16.3. The Morgan fingerprint density at radius 1 is 0.913 bits per heavy atom. The van der Waals surface area contributed by atoms with Crippen LogP contribution in [0.5, 0.6) is 5.75 Å². The van der Waals surface area contributed by atoms with Gasteiger partial charge in [0.2, 0.25) is 5.91 Å². The fraction of sp³-hybridized carbons (Fsp3) is 0.432. The number of aromatic hydroxyl groups is 1. The van der Waals surface area contributed by atoms with Crippen LogP contribution in [0.4, 0.5) is 10.5 Å². The minimum Gasteiger partial charge on any atom is -0.508 e. The molecule has 46 heavy (non-hydrogen) atoms. The maximum atomic E-state index is 14.7. The maximum Gasteiger partial charge on any atom is 0.408 e. The van der Waals surface area contributed by atoms with E-state index in [0.717, 1.165) is 41.5 Å². The first kappa shape index (κ1) is 36.4. The van der Waals surface area contributed by atoms with Gasteiger partial charge >= 0.3 is 6.09 Å². The fourth-order valence-corrected chi connectivity index (χ4v) is 5.45. The second-order valence-electron chi connectivity index (χ2n) is 12.8. The van der Waals surface area contributed by atoms with Crippen LogP contribution in [0.1, 0.15) is 87.2 Å². The number of carbonyl (C=O) groups is 3. The van der Waals surface area contributed by atoms with Crippen molar-refractivity contribution in [2.75, 3.05) is 11.9 Å². The minimum absolute atomic E-state index is 0.0885. The molecule has 9 heteroatoms. The molecule has 3 aromatic carbocycles. The molecule has 3 aromatic rings. The van der Waals surface area contributed by atoms with Crippen molar-refractivity contribution < 1.29 is 24.2 Å². The minimum atomic E-state index is -1.06. The molecule has 0 radical (unpaired) electrons. The SMILES string of the molecule is CCCCCCN(C(=O)C(Cc1ccc(O)cc1)NC(=O)OC(C)(C)C)C(C(=O)Nc1c(C)cccc1Cl)c1ccc(C)c(C)c1. The summed E-state index contributed by atoms with van der Waals surface area (Å²) in [4.78, 5) is 43.8. The second kappa shape index (κ2) is 16.5. The monoisotopic (exact) mass is 649 g/mol. The van der Waals surface area contributed by atoms with Crippen molar-refractivity contribution in [3.05, 3.63) is 93.5 Å². The van der Waals surface area contributed by atoms with Crippen LogP contribution in [-0.4, -0.2) is 46.1 Å². The number of hydrogen-bond donors (Lipinski definition) is 3. The molecule has 0 heterocycles. The number of phenols is 1. The number of nitrogens with one attached hydrogen (secondary N) is 2. The van der Waals surface area contributed by atoms with E-state index in [9.17, 15) is 19.5 Å². The lowest BCUT2D eigenvalue weighted by molar-refractivity contribution is -0.140. The van der Waals surface area contributed by atoms with Crippen LogP contribution in [-0.2, 0) is 20.7 Å². The lowest BCUT2D eigenvalue weighted by Gasteiger charge is -2.35. The number of para-hydroxylation sites is 1. The molecule has 3 N–H and O–H groups in total. The standard InChI is InChI=1S/C37H48ClN3O5/c1-8-9-10-11-21-41(35(44)31(39-36(45)46-37(5,6)7)23-27-16-19-29(42)20-17-27)33(28-18-15-24(2)26(4)22-28)34(43)40-32-25(3)13-12-14-30(32)38/h12-20,22,31,33,42H,8-11,21,23H2,1-7H3,(H,39,45)(H,40,43). The van der Waals surface area contributed by atoms with Crippen molar-refractivity contribution in [3.8, 4) is 5.75 Å². The lowest BCUT2D eigenvalue weighted by Crippen LogP contribution is -2.53. The van der Waals surface area contributed by atoms with Crippen LogP contribution in [0.15, 0.2) is 60.7 Å². The number of benzene rings is 3. The van der Waals surface area contributed by atoms with Gasteiger partial charge in [-0.25, -0.2) is 4.79 Å². The predicted molar refractivity (Wildman–Crippen MR) is 184 cm³/mol. The van der Waals surface area contributed by atoms with E-state index in [2.05, 4.69) is 17.6 Å². The highest BCUT2D eigenvalue weighted by Gasteiger charge is 2.37. The summed E-state index contributed by atoms with van der Waals surface area (Å²) in [6.07, 6.45) is 2.90. The summed E-state index contributed by atoms with van der Waals surface area (Å²) in [7, 11) is 0. The Balaban J connectivity index is 2.13. The second-order valence-corrected chi connectivity index (χ2v) is 13.2. The van der Waals surface area contributed by atoms with Gasteiger partial charge in [0, 0.05) is 13.0 Å². The van der Waals surface area contributed by atoms with Crippen molar-refractivity contribution in [1.29, 1.82) is 0 Å². The van der Waals surface area contributed by atoms with Crippen molar-refractivity contribution in [2.45, 2.75) is 98.3 Å². The summed E-state index contributed by atoms with van der Waals surface area (Å²) in [6.45, 7) is 13.5. The molecule has 0 saturated carbocycles. The van der Waals surface area contributed by atoms with Gasteiger partial charge in [-0.05, 0) is 94.0 Å². The third-order valence-corrected chi connectivity index (χ3v) is 8.09. The molecule has 248 valence electrons. The predicted octanol–water partition coefficient (Wildman–Crippen LogP) is 8.20. The number of alkyl carbamates (subject to hydrolysis) is 1. The number of nitrogens with zero attached hydrogens (tertiary/aromatic N) is 1. The Kier molecular flexibility index (Phi) is 13.1. The van der Waals surface area contributed by atoms with Gasteiger partial charge < -0.3 is 25.4 Å². The van der Waals surface area contributed by atoms with Gasteiger partial charge in [-0.1, -0.05) is 80.3 Å². The molecule has 0 aliphatic heterocycles. The first-order chi connectivity index (χ1) is 21.7. The molecule has 3 rings (SSSR count). The molecule has 0 fully saturated rings. The highest BCUT2D eigenvalue weighted by molar-refractivity contribution is 6.34.